The molecule has 0 radical (unpaired) electrons. The van der Waals surface area contributed by atoms with Crippen LogP contribution in [0.4, 0.5) is 0 Å². The van der Waals surface area contributed by atoms with Gasteiger partial charge >= 0.3 is 0 Å². The summed E-state index contributed by atoms with van der Waals surface area (Å²) in [6.45, 7) is 9.25. The fraction of sp³-hybridized carbons (Fsp3) is 0.522. The van der Waals surface area contributed by atoms with Crippen molar-refractivity contribution in [1.82, 2.24) is 15.5 Å². The molecule has 1 aliphatic heterocycles. The predicted octanol–water partition coefficient (Wildman–Crippen LogP) is 3.93. The van der Waals surface area contributed by atoms with Gasteiger partial charge in [-0.1, -0.05) is 24.3 Å². The van der Waals surface area contributed by atoms with Crippen molar-refractivity contribution in [3.8, 4) is 5.75 Å². The third-order valence-corrected chi connectivity index (χ3v) is 6.20. The Morgan fingerprint density at radius 2 is 2.13 bits per heavy atom. The van der Waals surface area contributed by atoms with E-state index in [2.05, 4.69) is 53.0 Å². The summed E-state index contributed by atoms with van der Waals surface area (Å²) in [5, 5.41) is 9.00. The molecule has 172 valence electrons. The van der Waals surface area contributed by atoms with Crippen LogP contribution in [-0.2, 0) is 11.2 Å². The molecule has 1 saturated heterocycles. The molecule has 8 heteroatoms. The van der Waals surface area contributed by atoms with Crippen molar-refractivity contribution in [2.75, 3.05) is 46.4 Å². The number of guanidine groups is 1. The van der Waals surface area contributed by atoms with Crippen molar-refractivity contribution in [2.24, 2.45) is 4.99 Å². The monoisotopic (exact) mass is 558 g/mol. The lowest BCUT2D eigenvalue weighted by Gasteiger charge is -2.36. The Kier molecular flexibility index (Phi) is 11.6. The maximum Gasteiger partial charge on any atom is 0.191 e. The van der Waals surface area contributed by atoms with Gasteiger partial charge in [0.25, 0.3) is 0 Å². The van der Waals surface area contributed by atoms with E-state index in [4.69, 9.17) is 14.5 Å². The maximum absolute atomic E-state index is 5.74. The number of benzene rings is 1. The maximum atomic E-state index is 5.74. The molecule has 0 spiro atoms. The van der Waals surface area contributed by atoms with E-state index >= 15 is 0 Å². The van der Waals surface area contributed by atoms with Crippen LogP contribution >= 0.6 is 35.3 Å². The van der Waals surface area contributed by atoms with E-state index in [-0.39, 0.29) is 36.1 Å². The lowest BCUT2D eigenvalue weighted by molar-refractivity contribution is -0.0327. The SMILES string of the molecule is CCNC(=NCC(c1cccs1)N1CCOC(C)C1)NCCc1ccccc1OC.I. The topological polar surface area (TPSA) is 58.1 Å². The number of rotatable bonds is 9. The highest BCUT2D eigenvalue weighted by molar-refractivity contribution is 14.0. The molecule has 0 aliphatic carbocycles. The molecule has 2 atom stereocenters. The molecular formula is C23H35IN4O2S. The van der Waals surface area contributed by atoms with Gasteiger partial charge in [-0.15, -0.1) is 35.3 Å². The van der Waals surface area contributed by atoms with Gasteiger partial charge in [0.1, 0.15) is 5.75 Å². The van der Waals surface area contributed by atoms with Gasteiger partial charge in [-0.2, -0.15) is 0 Å². The second kappa shape index (κ2) is 13.9. The number of hydrogen-bond donors (Lipinski definition) is 2. The van der Waals surface area contributed by atoms with Crippen molar-refractivity contribution in [1.29, 1.82) is 0 Å². The number of morpholine rings is 1. The highest BCUT2D eigenvalue weighted by Gasteiger charge is 2.26. The molecule has 2 N–H and O–H groups in total. The smallest absolute Gasteiger partial charge is 0.191 e. The highest BCUT2D eigenvalue weighted by Crippen LogP contribution is 2.27. The molecule has 0 saturated carbocycles. The van der Waals surface area contributed by atoms with Gasteiger partial charge in [-0.25, -0.2) is 0 Å². The minimum Gasteiger partial charge on any atom is -0.496 e. The van der Waals surface area contributed by atoms with Crippen molar-refractivity contribution in [3.05, 3.63) is 52.2 Å². The third-order valence-electron chi connectivity index (χ3n) is 5.23. The van der Waals surface area contributed by atoms with Gasteiger partial charge in [0.15, 0.2) is 5.96 Å². The van der Waals surface area contributed by atoms with Gasteiger partial charge in [-0.05, 0) is 43.3 Å². The molecule has 2 unspecified atom stereocenters. The lowest BCUT2D eigenvalue weighted by atomic mass is 10.1. The number of hydrogen-bond acceptors (Lipinski definition) is 5. The summed E-state index contributed by atoms with van der Waals surface area (Å²) >= 11 is 1.80. The summed E-state index contributed by atoms with van der Waals surface area (Å²) in [7, 11) is 1.72. The summed E-state index contributed by atoms with van der Waals surface area (Å²) in [4.78, 5) is 8.79. The van der Waals surface area contributed by atoms with Crippen molar-refractivity contribution < 1.29 is 9.47 Å². The Morgan fingerprint density at radius 3 is 2.84 bits per heavy atom. The van der Waals surface area contributed by atoms with E-state index in [1.807, 2.05) is 18.2 Å². The Morgan fingerprint density at radius 1 is 1.29 bits per heavy atom. The van der Waals surface area contributed by atoms with Crippen LogP contribution in [0.5, 0.6) is 5.75 Å². The average molecular weight is 559 g/mol. The van der Waals surface area contributed by atoms with Gasteiger partial charge in [0.05, 0.1) is 32.4 Å². The number of aliphatic imine (C=N–C) groups is 1. The van der Waals surface area contributed by atoms with E-state index < -0.39 is 0 Å². The van der Waals surface area contributed by atoms with Crippen LogP contribution in [0.2, 0.25) is 0 Å². The minimum atomic E-state index is 0. The van der Waals surface area contributed by atoms with E-state index in [0.717, 1.165) is 57.5 Å². The minimum absolute atomic E-state index is 0. The number of para-hydroxylation sites is 1. The van der Waals surface area contributed by atoms with Crippen LogP contribution in [0, 0.1) is 0 Å². The van der Waals surface area contributed by atoms with Crippen molar-refractivity contribution in [2.45, 2.75) is 32.4 Å². The number of halogens is 1. The van der Waals surface area contributed by atoms with Gasteiger partial charge < -0.3 is 20.1 Å². The molecule has 1 aromatic heterocycles. The number of nitrogens with one attached hydrogen (secondary N) is 2. The number of thiophene rings is 1. The molecular weight excluding hydrogens is 523 g/mol. The van der Waals surface area contributed by atoms with Crippen molar-refractivity contribution in [3.63, 3.8) is 0 Å². The normalized spacial score (nSPS) is 18.2. The average Bonchev–Trinajstić information content (AvgIpc) is 3.29. The Labute approximate surface area is 207 Å². The van der Waals surface area contributed by atoms with Gasteiger partial charge in [0.2, 0.25) is 0 Å². The Hall–Kier alpha value is -1.36. The van der Waals surface area contributed by atoms with Crippen LogP contribution in [0.25, 0.3) is 0 Å². The van der Waals surface area contributed by atoms with Crippen LogP contribution in [0.1, 0.15) is 30.3 Å². The molecule has 31 heavy (non-hydrogen) atoms. The van der Waals surface area contributed by atoms with E-state index in [0.29, 0.717) is 0 Å². The van der Waals surface area contributed by atoms with Gasteiger partial charge in [0, 0.05) is 31.1 Å². The molecule has 2 heterocycles. The summed E-state index contributed by atoms with van der Waals surface area (Å²) in [6, 6.07) is 12.8. The first-order valence-corrected chi connectivity index (χ1v) is 11.6. The largest absolute Gasteiger partial charge is 0.496 e. The first-order valence-electron chi connectivity index (χ1n) is 10.7. The lowest BCUT2D eigenvalue weighted by Crippen LogP contribution is -2.44. The summed E-state index contributed by atoms with van der Waals surface area (Å²) in [6.07, 6.45) is 1.14. The highest BCUT2D eigenvalue weighted by atomic mass is 127. The molecule has 0 amide bonds. The molecule has 3 rings (SSSR count). The summed E-state index contributed by atoms with van der Waals surface area (Å²) in [5.74, 6) is 1.79. The van der Waals surface area contributed by atoms with E-state index in [9.17, 15) is 0 Å². The standard InChI is InChI=1S/C23H34N4O2S.HI/c1-4-24-23(25-12-11-19-8-5-6-9-21(19)28-3)26-16-20(22-10-7-15-30-22)27-13-14-29-18(2)17-27;/h5-10,15,18,20H,4,11-14,16-17H2,1-3H3,(H2,24,25,26);1H. The second-order valence-electron chi connectivity index (χ2n) is 7.42. The molecule has 0 bridgehead atoms. The number of ether oxygens (including phenoxy) is 2. The first-order chi connectivity index (χ1) is 14.7. The van der Waals surface area contributed by atoms with Crippen LogP contribution < -0.4 is 15.4 Å². The third kappa shape index (κ3) is 7.93. The van der Waals surface area contributed by atoms with E-state index in [1.165, 1.54) is 10.4 Å². The molecule has 1 aromatic carbocycles. The fourth-order valence-electron chi connectivity index (χ4n) is 3.74. The second-order valence-corrected chi connectivity index (χ2v) is 8.40. The Bertz CT molecular complexity index is 788. The Balaban J connectivity index is 0.00000341. The molecule has 2 aromatic rings. The van der Waals surface area contributed by atoms with Crippen molar-refractivity contribution >= 4 is 41.3 Å². The van der Waals surface area contributed by atoms with E-state index in [1.54, 1.807) is 18.4 Å². The van der Waals surface area contributed by atoms with Crippen LogP contribution in [0.3, 0.4) is 0 Å². The zero-order chi connectivity index (χ0) is 21.2. The van der Waals surface area contributed by atoms with Crippen LogP contribution in [-0.4, -0.2) is 63.4 Å². The quantitative estimate of drug-likeness (QED) is 0.278. The van der Waals surface area contributed by atoms with Gasteiger partial charge in [-0.3, -0.25) is 9.89 Å². The summed E-state index contributed by atoms with van der Waals surface area (Å²) in [5.41, 5.74) is 1.20. The zero-order valence-corrected chi connectivity index (χ0v) is 21.8. The number of nitrogens with zero attached hydrogens (tertiary/aromatic N) is 2. The van der Waals surface area contributed by atoms with Crippen LogP contribution in [0.15, 0.2) is 46.8 Å². The fourth-order valence-corrected chi connectivity index (χ4v) is 4.59. The predicted molar refractivity (Wildman–Crippen MR) is 140 cm³/mol. The molecule has 1 fully saturated rings. The zero-order valence-electron chi connectivity index (χ0n) is 18.7. The molecule has 6 nitrogen and oxygen atoms in total. The first kappa shape index (κ1) is 25.9. The molecule has 1 aliphatic rings. The summed E-state index contributed by atoms with van der Waals surface area (Å²) < 4.78 is 11.2. The number of methoxy groups -OCH3 is 1.